The third-order valence-electron chi connectivity index (χ3n) is 4.09. The van der Waals surface area contributed by atoms with Gasteiger partial charge in [-0.3, -0.25) is 9.69 Å². The summed E-state index contributed by atoms with van der Waals surface area (Å²) < 4.78 is 21.8. The van der Waals surface area contributed by atoms with Gasteiger partial charge in [-0.05, 0) is 35.9 Å². The van der Waals surface area contributed by atoms with Crippen molar-refractivity contribution in [1.29, 1.82) is 0 Å². The van der Waals surface area contributed by atoms with E-state index in [1.165, 1.54) is 16.7 Å². The summed E-state index contributed by atoms with van der Waals surface area (Å²) in [4.78, 5) is 15.0. The van der Waals surface area contributed by atoms with Gasteiger partial charge >= 0.3 is 0 Å². The van der Waals surface area contributed by atoms with Gasteiger partial charge < -0.3 is 18.9 Å². The molecule has 1 aliphatic rings. The minimum Gasteiger partial charge on any atom is -0.497 e. The summed E-state index contributed by atoms with van der Waals surface area (Å²) >= 11 is 6.66. The van der Waals surface area contributed by atoms with E-state index >= 15 is 0 Å². The van der Waals surface area contributed by atoms with Gasteiger partial charge in [0.05, 0.1) is 39.0 Å². The highest BCUT2D eigenvalue weighted by Gasteiger charge is 2.33. The molecule has 1 aliphatic heterocycles. The lowest BCUT2D eigenvalue weighted by molar-refractivity contribution is -0.113. The zero-order valence-corrected chi connectivity index (χ0v) is 17.5. The molecule has 0 atom stereocenters. The molecule has 0 unspecified atom stereocenters. The maximum absolute atomic E-state index is 13.0. The average molecular weight is 418 g/mol. The van der Waals surface area contributed by atoms with E-state index < -0.39 is 0 Å². The van der Waals surface area contributed by atoms with Crippen LogP contribution in [0, 0.1) is 0 Å². The number of benzene rings is 2. The van der Waals surface area contributed by atoms with Gasteiger partial charge in [0.25, 0.3) is 5.91 Å². The largest absolute Gasteiger partial charge is 0.497 e. The Morgan fingerprint density at radius 3 is 2.21 bits per heavy atom. The van der Waals surface area contributed by atoms with Gasteiger partial charge in [-0.2, -0.15) is 0 Å². The maximum Gasteiger partial charge on any atom is 0.270 e. The number of carbonyl (C=O) groups excluding carboxylic acids is 1. The first-order chi connectivity index (χ1) is 13.5. The van der Waals surface area contributed by atoms with Crippen LogP contribution in [-0.2, 0) is 4.79 Å². The lowest BCUT2D eigenvalue weighted by atomic mass is 10.1. The van der Waals surface area contributed by atoms with Crippen LogP contribution in [0.4, 0.5) is 5.69 Å². The second kappa shape index (κ2) is 8.53. The predicted octanol–water partition coefficient (Wildman–Crippen LogP) is 4.13. The summed E-state index contributed by atoms with van der Waals surface area (Å²) in [6.07, 6.45) is 1.75. The second-order valence-electron chi connectivity index (χ2n) is 5.68. The predicted molar refractivity (Wildman–Crippen MR) is 115 cm³/mol. The van der Waals surface area contributed by atoms with Crippen molar-refractivity contribution in [2.45, 2.75) is 0 Å². The number of thioether (sulfide) groups is 1. The molecule has 0 radical (unpaired) electrons. The van der Waals surface area contributed by atoms with Gasteiger partial charge in [0.2, 0.25) is 5.75 Å². The van der Waals surface area contributed by atoms with E-state index in [0.29, 0.717) is 37.9 Å². The van der Waals surface area contributed by atoms with Gasteiger partial charge in [0.15, 0.2) is 15.8 Å². The van der Waals surface area contributed by atoms with Crippen molar-refractivity contribution < 1.29 is 23.7 Å². The molecule has 0 bridgehead atoms. The number of hydrogen-bond acceptors (Lipinski definition) is 7. The first kappa shape index (κ1) is 20.0. The molecule has 1 fully saturated rings. The van der Waals surface area contributed by atoms with Crippen molar-refractivity contribution >= 4 is 46.0 Å². The summed E-state index contributed by atoms with van der Waals surface area (Å²) in [5.74, 6) is 1.97. The first-order valence-electron chi connectivity index (χ1n) is 8.24. The van der Waals surface area contributed by atoms with Crippen LogP contribution in [-0.4, -0.2) is 38.7 Å². The van der Waals surface area contributed by atoms with Gasteiger partial charge in [-0.15, -0.1) is 0 Å². The molecule has 1 saturated heterocycles. The number of anilines is 1. The Morgan fingerprint density at radius 2 is 1.64 bits per heavy atom. The number of rotatable bonds is 6. The molecule has 1 heterocycles. The van der Waals surface area contributed by atoms with Crippen molar-refractivity contribution in [1.82, 2.24) is 0 Å². The second-order valence-corrected chi connectivity index (χ2v) is 7.35. The summed E-state index contributed by atoms with van der Waals surface area (Å²) in [6, 6.07) is 10.8. The molecule has 2 aromatic carbocycles. The van der Waals surface area contributed by atoms with E-state index in [2.05, 4.69) is 0 Å². The molecule has 2 aromatic rings. The van der Waals surface area contributed by atoms with Crippen LogP contribution < -0.4 is 23.8 Å². The minimum atomic E-state index is -0.197. The van der Waals surface area contributed by atoms with Gasteiger partial charge in [-0.25, -0.2) is 0 Å². The number of thiocarbonyl (C=S) groups is 1. The van der Waals surface area contributed by atoms with E-state index in [9.17, 15) is 4.79 Å². The molecule has 0 aromatic heterocycles. The standard InChI is InChI=1S/C20H19NO5S2/c1-23-14-7-5-6-13(11-14)21-19(22)17(28-20(21)27)10-12-8-15(24-2)18(26-4)16(9-12)25-3/h5-11H,1-4H3. The summed E-state index contributed by atoms with van der Waals surface area (Å²) in [6.45, 7) is 0. The summed E-state index contributed by atoms with van der Waals surface area (Å²) in [5, 5.41) is 0. The van der Waals surface area contributed by atoms with Crippen molar-refractivity contribution in [3.05, 3.63) is 46.9 Å². The van der Waals surface area contributed by atoms with Crippen LogP contribution in [0.15, 0.2) is 41.3 Å². The SMILES string of the molecule is COc1cccc(N2C(=O)C(=Cc3cc(OC)c(OC)c(OC)c3)SC2=S)c1. The fourth-order valence-corrected chi connectivity index (χ4v) is 4.07. The number of carbonyl (C=O) groups is 1. The molecule has 6 nitrogen and oxygen atoms in total. The van der Waals surface area contributed by atoms with Crippen molar-refractivity contribution in [3.63, 3.8) is 0 Å². The summed E-state index contributed by atoms with van der Waals surface area (Å²) in [5.41, 5.74) is 1.40. The zero-order valence-electron chi connectivity index (χ0n) is 15.8. The third kappa shape index (κ3) is 3.79. The third-order valence-corrected chi connectivity index (χ3v) is 5.39. The Balaban J connectivity index is 1.98. The van der Waals surface area contributed by atoms with Crippen molar-refractivity contribution in [2.75, 3.05) is 33.3 Å². The highest BCUT2D eigenvalue weighted by molar-refractivity contribution is 8.27. The Kier molecular flexibility index (Phi) is 6.11. The lowest BCUT2D eigenvalue weighted by Gasteiger charge is -2.15. The number of nitrogens with zero attached hydrogens (tertiary/aromatic N) is 1. The normalized spacial score (nSPS) is 15.1. The number of methoxy groups -OCH3 is 4. The van der Waals surface area contributed by atoms with E-state index in [1.807, 2.05) is 18.2 Å². The highest BCUT2D eigenvalue weighted by atomic mass is 32.2. The van der Waals surface area contributed by atoms with Crippen LogP contribution in [0.3, 0.4) is 0 Å². The smallest absolute Gasteiger partial charge is 0.270 e. The van der Waals surface area contributed by atoms with Crippen molar-refractivity contribution in [2.24, 2.45) is 0 Å². The van der Waals surface area contributed by atoms with Crippen LogP contribution in [0.2, 0.25) is 0 Å². The molecule has 0 spiro atoms. The quantitative estimate of drug-likeness (QED) is 0.517. The number of amides is 1. The minimum absolute atomic E-state index is 0.197. The highest BCUT2D eigenvalue weighted by Crippen LogP contribution is 2.41. The van der Waals surface area contributed by atoms with Crippen molar-refractivity contribution in [3.8, 4) is 23.0 Å². The van der Waals surface area contributed by atoms with Gasteiger partial charge in [0, 0.05) is 6.07 Å². The Bertz CT molecular complexity index is 932. The van der Waals surface area contributed by atoms with E-state index in [1.54, 1.807) is 52.7 Å². The van der Waals surface area contributed by atoms with Gasteiger partial charge in [-0.1, -0.05) is 30.0 Å². The number of ether oxygens (including phenoxy) is 4. The molecule has 8 heteroatoms. The van der Waals surface area contributed by atoms with Gasteiger partial charge in [0.1, 0.15) is 5.75 Å². The lowest BCUT2D eigenvalue weighted by Crippen LogP contribution is -2.27. The van der Waals surface area contributed by atoms with E-state index in [0.717, 1.165) is 5.56 Å². The maximum atomic E-state index is 13.0. The molecule has 0 N–H and O–H groups in total. The molecule has 146 valence electrons. The van der Waals surface area contributed by atoms with E-state index in [4.69, 9.17) is 31.2 Å². The van der Waals surface area contributed by atoms with E-state index in [-0.39, 0.29) is 5.91 Å². The fraction of sp³-hybridized carbons (Fsp3) is 0.200. The molecule has 28 heavy (non-hydrogen) atoms. The summed E-state index contributed by atoms with van der Waals surface area (Å²) in [7, 11) is 6.21. The molecule has 3 rings (SSSR count). The topological polar surface area (TPSA) is 57.2 Å². The monoisotopic (exact) mass is 417 g/mol. The first-order valence-corrected chi connectivity index (χ1v) is 9.46. The molecule has 1 amide bonds. The fourth-order valence-electron chi connectivity index (χ4n) is 2.78. The number of hydrogen-bond donors (Lipinski definition) is 0. The molecular formula is C20H19NO5S2. The Morgan fingerprint density at radius 1 is 0.964 bits per heavy atom. The van der Waals surface area contributed by atoms with Crippen LogP contribution in [0.25, 0.3) is 6.08 Å². The molecule has 0 saturated carbocycles. The van der Waals surface area contributed by atoms with Crippen LogP contribution >= 0.6 is 24.0 Å². The molecular weight excluding hydrogens is 398 g/mol. The Hall–Kier alpha value is -2.71. The zero-order chi connectivity index (χ0) is 20.3. The Labute approximate surface area is 173 Å². The molecule has 0 aliphatic carbocycles. The van der Waals surface area contributed by atoms with Crippen LogP contribution in [0.5, 0.6) is 23.0 Å². The van der Waals surface area contributed by atoms with Crippen LogP contribution in [0.1, 0.15) is 5.56 Å². The average Bonchev–Trinajstić information content (AvgIpc) is 2.99.